The van der Waals surface area contributed by atoms with Crippen molar-refractivity contribution < 1.29 is 19.2 Å². The highest BCUT2D eigenvalue weighted by Gasteiger charge is 2.34. The summed E-state index contributed by atoms with van der Waals surface area (Å²) in [5.74, 6) is -0.352. The Morgan fingerprint density at radius 2 is 2.33 bits per heavy atom. The number of hydrogen-bond donors (Lipinski definition) is 0. The third-order valence-corrected chi connectivity index (χ3v) is 4.21. The lowest BCUT2D eigenvalue weighted by Crippen LogP contribution is -2.27. The van der Waals surface area contributed by atoms with Gasteiger partial charge in [0.1, 0.15) is 24.1 Å². The summed E-state index contributed by atoms with van der Waals surface area (Å²) in [6, 6.07) is 0. The van der Waals surface area contributed by atoms with Gasteiger partial charge in [0.25, 0.3) is 0 Å². The van der Waals surface area contributed by atoms with Gasteiger partial charge in [-0.2, -0.15) is 5.10 Å². The maximum absolute atomic E-state index is 11.1. The standard InChI is InChI=1S/C12H16BrN3O5/c1-7(17)21-10-3-4-11(20-6-8(10)13)12-9(16(18)19)5-14-15(12)2/h5,8,10-11H,3-4,6H2,1-2H3/t8-,10-,11-/m1/s1. The first kappa shape index (κ1) is 15.9. The number of nitrogens with zero attached hydrogens (tertiary/aromatic N) is 3. The van der Waals surface area contributed by atoms with Crippen LogP contribution in [0, 0.1) is 10.1 Å². The molecule has 0 bridgehead atoms. The second-order valence-corrected chi connectivity index (χ2v) is 6.04. The number of carbonyl (C=O) groups is 1. The predicted molar refractivity (Wildman–Crippen MR) is 76.1 cm³/mol. The van der Waals surface area contributed by atoms with Gasteiger partial charge < -0.3 is 9.47 Å². The van der Waals surface area contributed by atoms with Crippen LogP contribution < -0.4 is 0 Å². The number of alkyl halides is 1. The van der Waals surface area contributed by atoms with Crippen molar-refractivity contribution in [2.75, 3.05) is 6.61 Å². The number of aromatic nitrogens is 2. The summed E-state index contributed by atoms with van der Waals surface area (Å²) in [4.78, 5) is 21.5. The molecule has 1 aliphatic rings. The molecule has 0 spiro atoms. The van der Waals surface area contributed by atoms with Crippen LogP contribution in [0.3, 0.4) is 0 Å². The SMILES string of the molecule is CC(=O)O[C@@H]1CC[C@H](c2c([N+](=O)[O-])cnn2C)OC[C@H]1Br. The van der Waals surface area contributed by atoms with Crippen molar-refractivity contribution in [1.29, 1.82) is 0 Å². The molecule has 21 heavy (non-hydrogen) atoms. The van der Waals surface area contributed by atoms with E-state index in [0.29, 0.717) is 25.1 Å². The van der Waals surface area contributed by atoms with Crippen molar-refractivity contribution in [2.24, 2.45) is 7.05 Å². The van der Waals surface area contributed by atoms with E-state index in [4.69, 9.17) is 9.47 Å². The van der Waals surface area contributed by atoms with Gasteiger partial charge in [0, 0.05) is 14.0 Å². The highest BCUT2D eigenvalue weighted by molar-refractivity contribution is 9.09. The van der Waals surface area contributed by atoms with Crippen LogP contribution in [-0.4, -0.2) is 38.2 Å². The number of ether oxygens (including phenoxy) is 2. The number of nitro groups is 1. The first-order chi connectivity index (χ1) is 9.90. The van der Waals surface area contributed by atoms with Crippen molar-refractivity contribution in [1.82, 2.24) is 9.78 Å². The Hall–Kier alpha value is -1.48. The van der Waals surface area contributed by atoms with E-state index < -0.39 is 11.0 Å². The second-order valence-electron chi connectivity index (χ2n) is 4.86. The van der Waals surface area contributed by atoms with E-state index in [-0.39, 0.29) is 22.6 Å². The molecular weight excluding hydrogens is 346 g/mol. The highest BCUT2D eigenvalue weighted by Crippen LogP contribution is 2.34. The lowest BCUT2D eigenvalue weighted by atomic mass is 10.1. The molecule has 1 fully saturated rings. The molecular formula is C12H16BrN3O5. The molecule has 1 aliphatic heterocycles. The Balaban J connectivity index is 2.18. The summed E-state index contributed by atoms with van der Waals surface area (Å²) < 4.78 is 12.4. The Labute approximate surface area is 129 Å². The summed E-state index contributed by atoms with van der Waals surface area (Å²) >= 11 is 3.43. The Bertz CT molecular complexity index is 547. The summed E-state index contributed by atoms with van der Waals surface area (Å²) in [6.45, 7) is 1.65. The quantitative estimate of drug-likeness (QED) is 0.353. The minimum atomic E-state index is -0.467. The fourth-order valence-corrected chi connectivity index (χ4v) is 2.93. The van der Waals surface area contributed by atoms with Crippen LogP contribution in [0.25, 0.3) is 0 Å². The fourth-order valence-electron chi connectivity index (χ4n) is 2.41. The molecule has 3 atom stereocenters. The monoisotopic (exact) mass is 361 g/mol. The number of hydrogen-bond acceptors (Lipinski definition) is 6. The lowest BCUT2D eigenvalue weighted by molar-refractivity contribution is -0.386. The van der Waals surface area contributed by atoms with Crippen LogP contribution in [0.4, 0.5) is 5.69 Å². The van der Waals surface area contributed by atoms with Crippen molar-refractivity contribution in [2.45, 2.75) is 36.8 Å². The van der Waals surface area contributed by atoms with Crippen LogP contribution in [-0.2, 0) is 21.3 Å². The van der Waals surface area contributed by atoms with Crippen molar-refractivity contribution in [3.8, 4) is 0 Å². The molecule has 0 aromatic carbocycles. The number of halogens is 1. The van der Waals surface area contributed by atoms with Gasteiger partial charge in [0.2, 0.25) is 0 Å². The average Bonchev–Trinajstić information content (AvgIpc) is 2.70. The van der Waals surface area contributed by atoms with Crippen molar-refractivity contribution >= 4 is 27.6 Å². The van der Waals surface area contributed by atoms with Gasteiger partial charge in [-0.15, -0.1) is 0 Å². The van der Waals surface area contributed by atoms with Gasteiger partial charge in [-0.3, -0.25) is 19.6 Å². The Kier molecular flexibility index (Phi) is 4.94. The lowest BCUT2D eigenvalue weighted by Gasteiger charge is -2.18. The predicted octanol–water partition coefficient (Wildman–Crippen LogP) is 1.87. The zero-order valence-electron chi connectivity index (χ0n) is 11.7. The summed E-state index contributed by atoms with van der Waals surface area (Å²) in [6.07, 6.45) is 1.54. The van der Waals surface area contributed by atoms with Gasteiger partial charge in [0.05, 0.1) is 16.4 Å². The van der Waals surface area contributed by atoms with Gasteiger partial charge in [-0.05, 0) is 12.8 Å². The van der Waals surface area contributed by atoms with E-state index in [1.807, 2.05) is 0 Å². The molecule has 1 saturated heterocycles. The maximum atomic E-state index is 11.1. The van der Waals surface area contributed by atoms with Gasteiger partial charge in [-0.1, -0.05) is 15.9 Å². The van der Waals surface area contributed by atoms with E-state index >= 15 is 0 Å². The largest absolute Gasteiger partial charge is 0.461 e. The van der Waals surface area contributed by atoms with Crippen LogP contribution in [0.1, 0.15) is 31.6 Å². The van der Waals surface area contributed by atoms with E-state index in [0.717, 1.165) is 0 Å². The van der Waals surface area contributed by atoms with E-state index in [1.54, 1.807) is 7.05 Å². The molecule has 0 aliphatic carbocycles. The van der Waals surface area contributed by atoms with E-state index in [9.17, 15) is 14.9 Å². The first-order valence-electron chi connectivity index (χ1n) is 6.49. The molecule has 0 saturated carbocycles. The second kappa shape index (κ2) is 6.52. The van der Waals surface area contributed by atoms with Crippen LogP contribution in [0.5, 0.6) is 0 Å². The van der Waals surface area contributed by atoms with E-state index in [1.165, 1.54) is 17.8 Å². The van der Waals surface area contributed by atoms with Crippen LogP contribution in [0.15, 0.2) is 6.20 Å². The highest BCUT2D eigenvalue weighted by atomic mass is 79.9. The molecule has 0 unspecified atom stereocenters. The van der Waals surface area contributed by atoms with Crippen LogP contribution in [0.2, 0.25) is 0 Å². The molecule has 1 aromatic rings. The summed E-state index contributed by atoms with van der Waals surface area (Å²) in [7, 11) is 1.64. The van der Waals surface area contributed by atoms with Crippen molar-refractivity contribution in [3.05, 3.63) is 22.0 Å². The third kappa shape index (κ3) is 3.59. The minimum Gasteiger partial charge on any atom is -0.461 e. The zero-order valence-corrected chi connectivity index (χ0v) is 13.3. The molecule has 8 nitrogen and oxygen atoms in total. The molecule has 1 aromatic heterocycles. The third-order valence-electron chi connectivity index (χ3n) is 3.36. The Morgan fingerprint density at radius 1 is 1.62 bits per heavy atom. The smallest absolute Gasteiger partial charge is 0.312 e. The first-order valence-corrected chi connectivity index (χ1v) is 7.41. The Morgan fingerprint density at radius 3 is 2.95 bits per heavy atom. The van der Waals surface area contributed by atoms with Crippen LogP contribution >= 0.6 is 15.9 Å². The van der Waals surface area contributed by atoms with E-state index in [2.05, 4.69) is 21.0 Å². The maximum Gasteiger partial charge on any atom is 0.312 e. The molecule has 9 heteroatoms. The van der Waals surface area contributed by atoms with Gasteiger partial charge >= 0.3 is 11.7 Å². The summed E-state index contributed by atoms with van der Waals surface area (Å²) in [5.41, 5.74) is 0.378. The fraction of sp³-hybridized carbons (Fsp3) is 0.667. The zero-order chi connectivity index (χ0) is 15.6. The summed E-state index contributed by atoms with van der Waals surface area (Å²) in [5, 5.41) is 15.0. The normalized spacial score (nSPS) is 26.1. The average molecular weight is 362 g/mol. The minimum absolute atomic E-state index is 0.0560. The molecule has 2 heterocycles. The topological polar surface area (TPSA) is 96.5 Å². The molecule has 0 N–H and O–H groups in total. The van der Waals surface area contributed by atoms with Gasteiger partial charge in [-0.25, -0.2) is 0 Å². The number of aryl methyl sites for hydroxylation is 1. The molecule has 0 radical (unpaired) electrons. The molecule has 116 valence electrons. The number of rotatable bonds is 3. The molecule has 0 amide bonds. The van der Waals surface area contributed by atoms with Crippen molar-refractivity contribution in [3.63, 3.8) is 0 Å². The number of carbonyl (C=O) groups excluding carboxylic acids is 1. The van der Waals surface area contributed by atoms with Gasteiger partial charge in [0.15, 0.2) is 0 Å². The molecule has 2 rings (SSSR count). The number of esters is 1.